The van der Waals surface area contributed by atoms with E-state index in [2.05, 4.69) is 79.7 Å². The minimum atomic E-state index is 0.767. The Balaban J connectivity index is 1.44. The highest BCUT2D eigenvalue weighted by Crippen LogP contribution is 2.21. The topological polar surface area (TPSA) is 43.6 Å². The lowest BCUT2D eigenvalue weighted by Gasteiger charge is -2.09. The first-order chi connectivity index (χ1) is 14.4. The summed E-state index contributed by atoms with van der Waals surface area (Å²) in [5.74, 6) is 1.82. The predicted octanol–water partition coefficient (Wildman–Crippen LogP) is 5.39. The Morgan fingerprint density at radius 1 is 0.793 bits per heavy atom. The Hall–Kier alpha value is -3.31. The molecule has 0 saturated heterocycles. The van der Waals surface area contributed by atoms with Gasteiger partial charge in [0.05, 0.1) is 6.54 Å². The molecule has 142 valence electrons. The minimum absolute atomic E-state index is 0.767. The van der Waals surface area contributed by atoms with Gasteiger partial charge >= 0.3 is 0 Å². The smallest absolute Gasteiger partial charge is 0.182 e. The van der Waals surface area contributed by atoms with Crippen LogP contribution in [0.3, 0.4) is 0 Å². The molecule has 0 bridgehead atoms. The van der Waals surface area contributed by atoms with Crippen LogP contribution < -0.4 is 0 Å². The predicted molar refractivity (Wildman–Crippen MR) is 118 cm³/mol. The summed E-state index contributed by atoms with van der Waals surface area (Å²) in [6, 6.07) is 25.3. The summed E-state index contributed by atoms with van der Waals surface area (Å²) in [6.45, 7) is 0.767. The van der Waals surface area contributed by atoms with Crippen LogP contribution in [0.2, 0.25) is 0 Å². The van der Waals surface area contributed by atoms with E-state index in [1.165, 1.54) is 21.2 Å². The maximum Gasteiger partial charge on any atom is 0.182 e. The third-order valence-electron chi connectivity index (χ3n) is 5.07. The third kappa shape index (κ3) is 3.82. The normalized spacial score (nSPS) is 11.2. The zero-order valence-electron chi connectivity index (χ0n) is 15.9. The molecule has 0 spiro atoms. The molecule has 5 heteroatoms. The molecule has 29 heavy (non-hydrogen) atoms. The maximum atomic E-state index is 4.53. The van der Waals surface area contributed by atoms with E-state index in [0.29, 0.717) is 0 Å². The number of nitrogens with zero attached hydrogens (tertiary/aromatic N) is 4. The van der Waals surface area contributed by atoms with Gasteiger partial charge in [-0.3, -0.25) is 4.98 Å². The van der Waals surface area contributed by atoms with Gasteiger partial charge in [-0.25, -0.2) is 0 Å². The number of thiophene rings is 1. The highest BCUT2D eigenvalue weighted by molar-refractivity contribution is 7.09. The van der Waals surface area contributed by atoms with Crippen molar-refractivity contribution in [3.8, 4) is 11.5 Å². The summed E-state index contributed by atoms with van der Waals surface area (Å²) < 4.78 is 2.20. The first-order valence-electron chi connectivity index (χ1n) is 9.70. The van der Waals surface area contributed by atoms with Gasteiger partial charge in [0.2, 0.25) is 0 Å². The van der Waals surface area contributed by atoms with Crippen molar-refractivity contribution in [2.75, 3.05) is 0 Å². The molecule has 0 aliphatic rings. The lowest BCUT2D eigenvalue weighted by Crippen LogP contribution is -2.08. The average molecular weight is 397 g/mol. The molecular formula is C24H20N4S. The second kappa shape index (κ2) is 7.97. The van der Waals surface area contributed by atoms with Crippen LogP contribution >= 0.6 is 11.3 Å². The van der Waals surface area contributed by atoms with Crippen LogP contribution in [0.4, 0.5) is 0 Å². The van der Waals surface area contributed by atoms with Crippen LogP contribution in [-0.4, -0.2) is 19.7 Å². The van der Waals surface area contributed by atoms with Gasteiger partial charge in [-0.15, -0.1) is 21.5 Å². The monoisotopic (exact) mass is 396 g/mol. The zero-order valence-corrected chi connectivity index (χ0v) is 16.7. The number of fused-ring (bicyclic) bond motifs is 1. The SMILES string of the molecule is c1ccc(-c2nnc(CCc3ccc4ccccc4c3)n2Cc2cccs2)nc1. The van der Waals surface area contributed by atoms with E-state index in [-0.39, 0.29) is 0 Å². The van der Waals surface area contributed by atoms with Gasteiger partial charge in [0.25, 0.3) is 0 Å². The molecule has 3 heterocycles. The molecule has 0 fully saturated rings. The average Bonchev–Trinajstić information content (AvgIpc) is 3.43. The zero-order chi connectivity index (χ0) is 19.5. The Morgan fingerprint density at radius 3 is 2.52 bits per heavy atom. The van der Waals surface area contributed by atoms with Crippen molar-refractivity contribution in [2.45, 2.75) is 19.4 Å². The van der Waals surface area contributed by atoms with Crippen molar-refractivity contribution in [3.05, 3.63) is 101 Å². The van der Waals surface area contributed by atoms with Gasteiger partial charge in [-0.1, -0.05) is 54.6 Å². The molecule has 0 amide bonds. The summed E-state index contributed by atoms with van der Waals surface area (Å²) in [6.07, 6.45) is 3.56. The number of pyridine rings is 1. The molecule has 3 aromatic heterocycles. The van der Waals surface area contributed by atoms with Crippen LogP contribution in [0.15, 0.2) is 84.4 Å². The number of rotatable bonds is 6. The second-order valence-electron chi connectivity index (χ2n) is 7.00. The second-order valence-corrected chi connectivity index (χ2v) is 8.03. The Bertz CT molecular complexity index is 1230. The number of benzene rings is 2. The van der Waals surface area contributed by atoms with E-state index in [1.807, 2.05) is 18.2 Å². The minimum Gasteiger partial charge on any atom is -0.304 e. The van der Waals surface area contributed by atoms with E-state index in [4.69, 9.17) is 0 Å². The molecule has 0 atom stereocenters. The van der Waals surface area contributed by atoms with E-state index >= 15 is 0 Å². The molecular weight excluding hydrogens is 376 g/mol. The van der Waals surface area contributed by atoms with Crippen molar-refractivity contribution in [2.24, 2.45) is 0 Å². The van der Waals surface area contributed by atoms with Crippen molar-refractivity contribution >= 4 is 22.1 Å². The van der Waals surface area contributed by atoms with Gasteiger partial charge in [0.15, 0.2) is 5.82 Å². The summed E-state index contributed by atoms with van der Waals surface area (Å²) >= 11 is 1.75. The fourth-order valence-electron chi connectivity index (χ4n) is 3.58. The summed E-state index contributed by atoms with van der Waals surface area (Å²) in [5, 5.41) is 13.7. The van der Waals surface area contributed by atoms with Crippen LogP contribution in [0.5, 0.6) is 0 Å². The van der Waals surface area contributed by atoms with Crippen molar-refractivity contribution < 1.29 is 0 Å². The van der Waals surface area contributed by atoms with Crippen LogP contribution in [0, 0.1) is 0 Å². The number of hydrogen-bond donors (Lipinski definition) is 0. The molecule has 0 saturated carbocycles. The highest BCUT2D eigenvalue weighted by Gasteiger charge is 2.15. The molecule has 0 aliphatic heterocycles. The molecule has 4 nitrogen and oxygen atoms in total. The van der Waals surface area contributed by atoms with E-state index in [1.54, 1.807) is 17.5 Å². The van der Waals surface area contributed by atoms with Crippen molar-refractivity contribution in [3.63, 3.8) is 0 Å². The fraction of sp³-hybridized carbons (Fsp3) is 0.125. The van der Waals surface area contributed by atoms with Gasteiger partial charge in [0, 0.05) is 17.5 Å². The molecule has 0 aliphatic carbocycles. The highest BCUT2D eigenvalue weighted by atomic mass is 32.1. The quantitative estimate of drug-likeness (QED) is 0.387. The Kier molecular flexibility index (Phi) is 4.88. The molecule has 0 N–H and O–H groups in total. The lowest BCUT2D eigenvalue weighted by atomic mass is 10.0. The summed E-state index contributed by atoms with van der Waals surface area (Å²) in [5.41, 5.74) is 2.17. The maximum absolute atomic E-state index is 4.53. The number of hydrogen-bond acceptors (Lipinski definition) is 4. The van der Waals surface area contributed by atoms with Crippen LogP contribution in [0.25, 0.3) is 22.3 Å². The van der Waals surface area contributed by atoms with Crippen molar-refractivity contribution in [1.29, 1.82) is 0 Å². The van der Waals surface area contributed by atoms with Gasteiger partial charge in [0.1, 0.15) is 11.5 Å². The fourth-order valence-corrected chi connectivity index (χ4v) is 4.27. The molecule has 0 radical (unpaired) electrons. The molecule has 2 aromatic carbocycles. The van der Waals surface area contributed by atoms with Gasteiger partial charge in [-0.2, -0.15) is 0 Å². The summed E-state index contributed by atoms with van der Waals surface area (Å²) in [7, 11) is 0. The largest absolute Gasteiger partial charge is 0.304 e. The number of aromatic nitrogens is 4. The van der Waals surface area contributed by atoms with Gasteiger partial charge < -0.3 is 4.57 Å². The Labute approximate surface area is 173 Å². The third-order valence-corrected chi connectivity index (χ3v) is 5.93. The standard InChI is InChI=1S/C24H20N4S/c1-2-7-20-16-18(10-12-19(20)6-1)11-13-23-26-27-24(22-9-3-4-14-25-22)28(23)17-21-8-5-15-29-21/h1-10,12,14-16H,11,13,17H2. The number of aryl methyl sites for hydroxylation is 2. The molecule has 5 aromatic rings. The van der Waals surface area contributed by atoms with Crippen LogP contribution in [0.1, 0.15) is 16.3 Å². The van der Waals surface area contributed by atoms with E-state index < -0.39 is 0 Å². The van der Waals surface area contributed by atoms with Gasteiger partial charge in [-0.05, 0) is 46.3 Å². The molecule has 0 unspecified atom stereocenters. The molecule has 5 rings (SSSR count). The van der Waals surface area contributed by atoms with E-state index in [9.17, 15) is 0 Å². The first kappa shape index (κ1) is 17.8. The van der Waals surface area contributed by atoms with Crippen molar-refractivity contribution in [1.82, 2.24) is 19.7 Å². The lowest BCUT2D eigenvalue weighted by molar-refractivity contribution is 0.722. The Morgan fingerprint density at radius 2 is 1.69 bits per heavy atom. The van der Waals surface area contributed by atoms with E-state index in [0.717, 1.165) is 36.7 Å². The first-order valence-corrected chi connectivity index (χ1v) is 10.6. The van der Waals surface area contributed by atoms with Crippen LogP contribution in [-0.2, 0) is 19.4 Å². The summed E-state index contributed by atoms with van der Waals surface area (Å²) in [4.78, 5) is 5.77.